The van der Waals surface area contributed by atoms with Crippen LogP contribution in [0.1, 0.15) is 33.1 Å². The van der Waals surface area contributed by atoms with E-state index in [1.807, 2.05) is 19.0 Å². The van der Waals surface area contributed by atoms with Crippen molar-refractivity contribution >= 4 is 5.91 Å². The van der Waals surface area contributed by atoms with Gasteiger partial charge in [0.05, 0.1) is 18.2 Å². The molecule has 1 aliphatic rings. The number of piperidine rings is 1. The minimum absolute atomic E-state index is 0.0659. The van der Waals surface area contributed by atoms with Gasteiger partial charge in [0.15, 0.2) is 0 Å². The summed E-state index contributed by atoms with van der Waals surface area (Å²) < 4.78 is 0. The molecule has 1 amide bonds. The van der Waals surface area contributed by atoms with Crippen LogP contribution < -0.4 is 5.32 Å². The molecule has 5 heteroatoms. The van der Waals surface area contributed by atoms with Crippen molar-refractivity contribution in [3.63, 3.8) is 0 Å². The first-order chi connectivity index (χ1) is 8.85. The summed E-state index contributed by atoms with van der Waals surface area (Å²) in [5.41, 5.74) is -0.855. The number of likely N-dealkylation sites (N-methyl/N-ethyl adjacent to an activating group) is 1. The van der Waals surface area contributed by atoms with Crippen LogP contribution in [0.15, 0.2) is 0 Å². The molecule has 5 nitrogen and oxygen atoms in total. The van der Waals surface area contributed by atoms with Gasteiger partial charge in [0.2, 0.25) is 5.91 Å². The van der Waals surface area contributed by atoms with E-state index in [4.69, 9.17) is 0 Å². The van der Waals surface area contributed by atoms with Gasteiger partial charge in [0, 0.05) is 13.1 Å². The van der Waals surface area contributed by atoms with Crippen molar-refractivity contribution < 1.29 is 9.90 Å². The number of carbonyl (C=O) groups excluding carboxylic acids is 1. The first-order valence-electron chi connectivity index (χ1n) is 7.25. The van der Waals surface area contributed by atoms with E-state index in [-0.39, 0.29) is 11.9 Å². The molecule has 2 atom stereocenters. The molecule has 0 bridgehead atoms. The van der Waals surface area contributed by atoms with Crippen LogP contribution in [0.4, 0.5) is 0 Å². The summed E-state index contributed by atoms with van der Waals surface area (Å²) in [7, 11) is 3.86. The Morgan fingerprint density at radius 3 is 2.79 bits per heavy atom. The van der Waals surface area contributed by atoms with E-state index in [2.05, 4.69) is 12.2 Å². The lowest BCUT2D eigenvalue weighted by Crippen LogP contribution is -2.56. The number of rotatable bonds is 7. The summed E-state index contributed by atoms with van der Waals surface area (Å²) in [4.78, 5) is 16.1. The summed E-state index contributed by atoms with van der Waals surface area (Å²) in [5, 5.41) is 13.7. The molecular weight excluding hydrogens is 242 g/mol. The number of amides is 1. The summed E-state index contributed by atoms with van der Waals surface area (Å²) >= 11 is 0. The standard InChI is InChI=1S/C14H29N3O2/c1-5-8-15-12-7-6-9-17(13(12)18)11-14(2,19)10-16(3)4/h12,15,19H,5-11H2,1-4H3. The third kappa shape index (κ3) is 5.47. The van der Waals surface area contributed by atoms with Gasteiger partial charge in [-0.1, -0.05) is 6.92 Å². The maximum atomic E-state index is 12.3. The lowest BCUT2D eigenvalue weighted by molar-refractivity contribution is -0.139. The average Bonchev–Trinajstić information content (AvgIpc) is 2.28. The Kier molecular flexibility index (Phi) is 6.23. The maximum absolute atomic E-state index is 12.3. The smallest absolute Gasteiger partial charge is 0.239 e. The summed E-state index contributed by atoms with van der Waals surface area (Å²) in [6, 6.07) is -0.0659. The highest BCUT2D eigenvalue weighted by molar-refractivity contribution is 5.82. The van der Waals surface area contributed by atoms with Crippen LogP contribution in [0.25, 0.3) is 0 Å². The zero-order valence-corrected chi connectivity index (χ0v) is 12.8. The largest absolute Gasteiger partial charge is 0.387 e. The van der Waals surface area contributed by atoms with Gasteiger partial charge >= 0.3 is 0 Å². The Hall–Kier alpha value is -0.650. The van der Waals surface area contributed by atoms with E-state index < -0.39 is 5.60 Å². The van der Waals surface area contributed by atoms with Crippen LogP contribution >= 0.6 is 0 Å². The monoisotopic (exact) mass is 271 g/mol. The van der Waals surface area contributed by atoms with E-state index in [9.17, 15) is 9.90 Å². The molecule has 0 spiro atoms. The Bertz CT molecular complexity index is 292. The fourth-order valence-corrected chi connectivity index (χ4v) is 2.75. The number of nitrogens with one attached hydrogen (secondary N) is 1. The minimum Gasteiger partial charge on any atom is -0.387 e. The summed E-state index contributed by atoms with van der Waals surface area (Å²) in [6.07, 6.45) is 2.94. The van der Waals surface area contributed by atoms with Crippen molar-refractivity contribution in [1.29, 1.82) is 0 Å². The lowest BCUT2D eigenvalue weighted by atomic mass is 10.0. The molecule has 1 saturated heterocycles. The second-order valence-electron chi connectivity index (χ2n) is 6.14. The van der Waals surface area contributed by atoms with Crippen LogP contribution in [0, 0.1) is 0 Å². The second kappa shape index (κ2) is 7.22. The number of nitrogens with zero attached hydrogens (tertiary/aromatic N) is 2. The molecule has 1 aliphatic heterocycles. The van der Waals surface area contributed by atoms with Crippen molar-refractivity contribution in [3.05, 3.63) is 0 Å². The lowest BCUT2D eigenvalue weighted by Gasteiger charge is -2.38. The molecule has 1 rings (SSSR count). The number of carbonyl (C=O) groups is 1. The van der Waals surface area contributed by atoms with E-state index >= 15 is 0 Å². The van der Waals surface area contributed by atoms with Crippen molar-refractivity contribution in [2.45, 2.75) is 44.8 Å². The average molecular weight is 271 g/mol. The summed E-state index contributed by atoms with van der Waals surface area (Å²) in [6.45, 7) is 6.49. The topological polar surface area (TPSA) is 55.8 Å². The number of hydrogen-bond acceptors (Lipinski definition) is 4. The maximum Gasteiger partial charge on any atom is 0.239 e. The highest BCUT2D eigenvalue weighted by atomic mass is 16.3. The fourth-order valence-electron chi connectivity index (χ4n) is 2.75. The Labute approximate surface area is 117 Å². The highest BCUT2D eigenvalue weighted by Gasteiger charge is 2.33. The molecular formula is C14H29N3O2. The fraction of sp³-hybridized carbons (Fsp3) is 0.929. The first-order valence-corrected chi connectivity index (χ1v) is 7.25. The quantitative estimate of drug-likeness (QED) is 0.699. The predicted molar refractivity (Wildman–Crippen MR) is 77.1 cm³/mol. The van der Waals surface area contributed by atoms with Crippen molar-refractivity contribution in [2.24, 2.45) is 0 Å². The zero-order valence-electron chi connectivity index (χ0n) is 12.8. The number of β-amino-alcohol motifs (C(OH)–C–C–N with tert-alkyl or cyclic N) is 1. The van der Waals surface area contributed by atoms with Crippen LogP contribution in [-0.4, -0.2) is 72.7 Å². The van der Waals surface area contributed by atoms with Crippen LogP contribution in [0.3, 0.4) is 0 Å². The molecule has 2 unspecified atom stereocenters. The molecule has 0 saturated carbocycles. The third-order valence-corrected chi connectivity index (χ3v) is 3.36. The Morgan fingerprint density at radius 1 is 1.53 bits per heavy atom. The third-order valence-electron chi connectivity index (χ3n) is 3.36. The van der Waals surface area contributed by atoms with Gasteiger partial charge < -0.3 is 20.2 Å². The molecule has 0 aliphatic carbocycles. The Morgan fingerprint density at radius 2 is 2.21 bits per heavy atom. The molecule has 112 valence electrons. The van der Waals surface area contributed by atoms with Crippen LogP contribution in [0.5, 0.6) is 0 Å². The van der Waals surface area contributed by atoms with Gasteiger partial charge in [-0.2, -0.15) is 0 Å². The normalized spacial score (nSPS) is 23.8. The van der Waals surface area contributed by atoms with Gasteiger partial charge in [-0.3, -0.25) is 4.79 Å². The van der Waals surface area contributed by atoms with E-state index in [1.54, 1.807) is 11.8 Å². The molecule has 19 heavy (non-hydrogen) atoms. The molecule has 0 radical (unpaired) electrons. The molecule has 2 N–H and O–H groups in total. The first kappa shape index (κ1) is 16.4. The zero-order chi connectivity index (χ0) is 14.5. The number of aliphatic hydroxyl groups is 1. The highest BCUT2D eigenvalue weighted by Crippen LogP contribution is 2.16. The Balaban J connectivity index is 2.55. The van der Waals surface area contributed by atoms with Crippen LogP contribution in [-0.2, 0) is 4.79 Å². The van der Waals surface area contributed by atoms with E-state index in [0.717, 1.165) is 32.4 Å². The van der Waals surface area contributed by atoms with Crippen molar-refractivity contribution in [2.75, 3.05) is 40.3 Å². The van der Waals surface area contributed by atoms with E-state index in [0.29, 0.717) is 13.1 Å². The van der Waals surface area contributed by atoms with E-state index in [1.165, 1.54) is 0 Å². The SMILES string of the molecule is CCCNC1CCCN(CC(C)(O)CN(C)C)C1=O. The van der Waals surface area contributed by atoms with Gasteiger partial charge in [0.1, 0.15) is 0 Å². The van der Waals surface area contributed by atoms with Crippen LogP contribution in [0.2, 0.25) is 0 Å². The second-order valence-corrected chi connectivity index (χ2v) is 6.14. The van der Waals surface area contributed by atoms with Gasteiger partial charge in [0.25, 0.3) is 0 Å². The molecule has 0 aromatic carbocycles. The summed E-state index contributed by atoms with van der Waals surface area (Å²) in [5.74, 6) is 0.138. The van der Waals surface area contributed by atoms with Gasteiger partial charge in [-0.15, -0.1) is 0 Å². The molecule has 1 fully saturated rings. The number of likely N-dealkylation sites (tertiary alicyclic amines) is 1. The van der Waals surface area contributed by atoms with Crippen molar-refractivity contribution in [3.8, 4) is 0 Å². The molecule has 1 heterocycles. The van der Waals surface area contributed by atoms with Crippen molar-refractivity contribution in [1.82, 2.24) is 15.1 Å². The minimum atomic E-state index is -0.855. The van der Waals surface area contributed by atoms with Gasteiger partial charge in [-0.25, -0.2) is 0 Å². The molecule has 0 aromatic heterocycles. The predicted octanol–water partition coefficient (Wildman–Crippen LogP) is 0.290. The number of hydrogen-bond donors (Lipinski definition) is 2. The van der Waals surface area contributed by atoms with Gasteiger partial charge in [-0.05, 0) is 46.8 Å². The molecule has 0 aromatic rings.